The molecule has 1 aromatic rings. The number of piperidine rings is 1. The zero-order chi connectivity index (χ0) is 13.1. The third-order valence-electron chi connectivity index (χ3n) is 3.23. The molecule has 0 bridgehead atoms. The predicted octanol–water partition coefficient (Wildman–Crippen LogP) is 3.08. The molecule has 0 radical (unpaired) electrons. The molecule has 1 heterocycles. The molecule has 0 spiro atoms. The number of nitriles is 1. The van der Waals surface area contributed by atoms with Crippen molar-refractivity contribution in [3.8, 4) is 6.07 Å². The Hall–Kier alpha value is -1.12. The van der Waals surface area contributed by atoms with Gasteiger partial charge in [0.2, 0.25) is 0 Å². The van der Waals surface area contributed by atoms with Crippen LogP contribution in [0.4, 0.5) is 10.1 Å². The van der Waals surface area contributed by atoms with Crippen LogP contribution in [0.2, 0.25) is 0 Å². The molecule has 0 saturated carbocycles. The van der Waals surface area contributed by atoms with Gasteiger partial charge in [0.05, 0.1) is 21.8 Å². The molecule has 18 heavy (non-hydrogen) atoms. The van der Waals surface area contributed by atoms with Gasteiger partial charge in [-0.2, -0.15) is 5.26 Å². The monoisotopic (exact) mass is 312 g/mol. The number of hydrogen-bond acceptors (Lipinski definition) is 3. The summed E-state index contributed by atoms with van der Waals surface area (Å²) in [5, 5.41) is 8.84. The average Bonchev–Trinajstić information content (AvgIpc) is 2.42. The Morgan fingerprint density at radius 3 is 3.00 bits per heavy atom. The molecule has 1 atom stereocenters. The largest absolute Gasteiger partial charge is 0.380 e. The van der Waals surface area contributed by atoms with Crippen LogP contribution in [-0.2, 0) is 4.74 Å². The van der Waals surface area contributed by atoms with Gasteiger partial charge in [0.25, 0.3) is 0 Å². The van der Waals surface area contributed by atoms with E-state index < -0.39 is 0 Å². The number of nitrogens with zero attached hydrogens (tertiary/aromatic N) is 2. The van der Waals surface area contributed by atoms with Gasteiger partial charge in [0.1, 0.15) is 6.07 Å². The Balaban J connectivity index is 2.29. The van der Waals surface area contributed by atoms with Gasteiger partial charge in [-0.1, -0.05) is 0 Å². The Labute approximate surface area is 114 Å². The third kappa shape index (κ3) is 2.50. The van der Waals surface area contributed by atoms with Crippen LogP contribution in [-0.4, -0.2) is 26.3 Å². The Morgan fingerprint density at radius 1 is 1.56 bits per heavy atom. The summed E-state index contributed by atoms with van der Waals surface area (Å²) in [5.74, 6) is -0.370. The van der Waals surface area contributed by atoms with E-state index >= 15 is 0 Å². The minimum atomic E-state index is -0.370. The van der Waals surface area contributed by atoms with Crippen molar-refractivity contribution in [2.45, 2.75) is 18.9 Å². The lowest BCUT2D eigenvalue weighted by molar-refractivity contribution is 0.0891. The van der Waals surface area contributed by atoms with E-state index in [0.717, 1.165) is 19.4 Å². The van der Waals surface area contributed by atoms with Gasteiger partial charge in [-0.25, -0.2) is 4.39 Å². The van der Waals surface area contributed by atoms with Crippen LogP contribution in [0.25, 0.3) is 0 Å². The summed E-state index contributed by atoms with van der Waals surface area (Å²) in [5.41, 5.74) is 0.846. The Bertz CT molecular complexity index is 487. The van der Waals surface area contributed by atoms with Gasteiger partial charge in [-0.05, 0) is 40.9 Å². The molecule has 5 heteroatoms. The van der Waals surface area contributed by atoms with Crippen molar-refractivity contribution in [1.82, 2.24) is 0 Å². The fraction of sp³-hybridized carbons (Fsp3) is 0.462. The number of anilines is 1. The molecule has 3 nitrogen and oxygen atoms in total. The van der Waals surface area contributed by atoms with Crippen LogP contribution in [0.15, 0.2) is 16.6 Å². The number of methoxy groups -OCH3 is 1. The summed E-state index contributed by atoms with van der Waals surface area (Å²) >= 11 is 3.13. The van der Waals surface area contributed by atoms with Crippen molar-refractivity contribution in [2.75, 3.05) is 25.1 Å². The second-order valence-corrected chi connectivity index (χ2v) is 5.11. The van der Waals surface area contributed by atoms with Crippen LogP contribution < -0.4 is 4.90 Å². The van der Waals surface area contributed by atoms with Gasteiger partial charge < -0.3 is 9.64 Å². The molecule has 0 aromatic heterocycles. The van der Waals surface area contributed by atoms with Crippen molar-refractivity contribution in [3.05, 3.63) is 28.0 Å². The molecule has 1 unspecified atom stereocenters. The number of rotatable bonds is 2. The van der Waals surface area contributed by atoms with E-state index in [1.165, 1.54) is 0 Å². The molecule has 1 saturated heterocycles. The van der Waals surface area contributed by atoms with Gasteiger partial charge in [0.15, 0.2) is 5.82 Å². The second kappa shape index (κ2) is 5.68. The zero-order valence-electron chi connectivity index (χ0n) is 10.1. The van der Waals surface area contributed by atoms with Gasteiger partial charge in [-0.3, -0.25) is 0 Å². The maximum atomic E-state index is 14.2. The van der Waals surface area contributed by atoms with Gasteiger partial charge in [0, 0.05) is 20.2 Å². The Kier molecular flexibility index (Phi) is 4.20. The van der Waals surface area contributed by atoms with Gasteiger partial charge >= 0.3 is 0 Å². The summed E-state index contributed by atoms with van der Waals surface area (Å²) < 4.78 is 19.8. The summed E-state index contributed by atoms with van der Waals surface area (Å²) in [6.07, 6.45) is 2.13. The molecule has 1 fully saturated rings. The highest BCUT2D eigenvalue weighted by Gasteiger charge is 2.23. The lowest BCUT2D eigenvalue weighted by atomic mass is 10.1. The molecule has 2 rings (SSSR count). The third-order valence-corrected chi connectivity index (χ3v) is 4.01. The first kappa shape index (κ1) is 13.3. The standard InChI is InChI=1S/C13H14BrFN2O/c1-18-10-3-2-6-17(8-10)11-5-4-9(7-16)12(14)13(11)15/h4-5,10H,2-3,6,8H2,1H3. The molecule has 1 aromatic carbocycles. The van der Waals surface area contributed by atoms with E-state index in [0.29, 0.717) is 17.8 Å². The predicted molar refractivity (Wildman–Crippen MR) is 71.1 cm³/mol. The number of hydrogen-bond donors (Lipinski definition) is 0. The van der Waals surface area contributed by atoms with Crippen molar-refractivity contribution in [3.63, 3.8) is 0 Å². The van der Waals surface area contributed by atoms with Crippen molar-refractivity contribution in [1.29, 1.82) is 5.26 Å². The summed E-state index contributed by atoms with van der Waals surface area (Å²) in [4.78, 5) is 1.97. The maximum absolute atomic E-state index is 14.2. The van der Waals surface area contributed by atoms with Gasteiger partial charge in [-0.15, -0.1) is 0 Å². The quantitative estimate of drug-likeness (QED) is 0.842. The van der Waals surface area contributed by atoms with Crippen LogP contribution in [0.1, 0.15) is 18.4 Å². The molecule has 0 N–H and O–H groups in total. The molecule has 0 aliphatic carbocycles. The Morgan fingerprint density at radius 2 is 2.33 bits per heavy atom. The summed E-state index contributed by atoms with van der Waals surface area (Å²) in [6, 6.07) is 5.26. The summed E-state index contributed by atoms with van der Waals surface area (Å²) in [6.45, 7) is 1.50. The van der Waals surface area contributed by atoms with E-state index in [1.54, 1.807) is 19.2 Å². The molecule has 0 amide bonds. The van der Waals surface area contributed by atoms with E-state index in [-0.39, 0.29) is 16.4 Å². The SMILES string of the molecule is COC1CCCN(c2ccc(C#N)c(Br)c2F)C1. The molecular formula is C13H14BrFN2O. The second-order valence-electron chi connectivity index (χ2n) is 4.32. The van der Waals surface area contributed by atoms with E-state index in [9.17, 15) is 4.39 Å². The summed E-state index contributed by atoms with van der Waals surface area (Å²) in [7, 11) is 1.68. The van der Waals surface area contributed by atoms with Crippen LogP contribution >= 0.6 is 15.9 Å². The van der Waals surface area contributed by atoms with E-state index in [2.05, 4.69) is 15.9 Å². The minimum Gasteiger partial charge on any atom is -0.380 e. The van der Waals surface area contributed by atoms with Crippen molar-refractivity contribution < 1.29 is 9.13 Å². The maximum Gasteiger partial charge on any atom is 0.161 e. The topological polar surface area (TPSA) is 36.3 Å². The average molecular weight is 313 g/mol. The molecule has 96 valence electrons. The highest BCUT2D eigenvalue weighted by molar-refractivity contribution is 9.10. The highest BCUT2D eigenvalue weighted by atomic mass is 79.9. The first-order chi connectivity index (χ1) is 8.67. The highest BCUT2D eigenvalue weighted by Crippen LogP contribution is 2.31. The smallest absolute Gasteiger partial charge is 0.161 e. The normalized spacial score (nSPS) is 19.7. The number of benzene rings is 1. The first-order valence-corrected chi connectivity index (χ1v) is 6.62. The lowest BCUT2D eigenvalue weighted by Gasteiger charge is -2.34. The van der Waals surface area contributed by atoms with E-state index in [1.807, 2.05) is 11.0 Å². The molecule has 1 aliphatic rings. The molecular weight excluding hydrogens is 299 g/mol. The fourth-order valence-electron chi connectivity index (χ4n) is 2.22. The van der Waals surface area contributed by atoms with Crippen LogP contribution in [0.5, 0.6) is 0 Å². The molecule has 1 aliphatic heterocycles. The zero-order valence-corrected chi connectivity index (χ0v) is 11.7. The van der Waals surface area contributed by atoms with Crippen molar-refractivity contribution >= 4 is 21.6 Å². The van der Waals surface area contributed by atoms with Crippen LogP contribution in [0, 0.1) is 17.1 Å². The fourth-order valence-corrected chi connectivity index (χ4v) is 2.64. The van der Waals surface area contributed by atoms with Crippen molar-refractivity contribution in [2.24, 2.45) is 0 Å². The number of halogens is 2. The van der Waals surface area contributed by atoms with Crippen LogP contribution in [0.3, 0.4) is 0 Å². The first-order valence-electron chi connectivity index (χ1n) is 5.83. The number of ether oxygens (including phenoxy) is 1. The van der Waals surface area contributed by atoms with E-state index in [4.69, 9.17) is 10.00 Å². The minimum absolute atomic E-state index is 0.146. The lowest BCUT2D eigenvalue weighted by Crippen LogP contribution is -2.39.